The van der Waals surface area contributed by atoms with Crippen LogP contribution in [0.5, 0.6) is 0 Å². The van der Waals surface area contributed by atoms with Gasteiger partial charge in [-0.2, -0.15) is 5.10 Å². The molecule has 1 aliphatic carbocycles. The molecular weight excluding hydrogens is 404 g/mol. The van der Waals surface area contributed by atoms with Crippen molar-refractivity contribution in [1.82, 2.24) is 14.7 Å². The molecule has 2 aliphatic heterocycles. The van der Waals surface area contributed by atoms with E-state index >= 15 is 0 Å². The Kier molecular flexibility index (Phi) is 5.18. The number of ether oxygens (including phenoxy) is 1. The monoisotopic (exact) mass is 438 g/mol. The predicted molar refractivity (Wildman–Crippen MR) is 124 cm³/mol. The summed E-state index contributed by atoms with van der Waals surface area (Å²) >= 11 is 0. The fraction of sp³-hybridized carbons (Fsp3) is 0.640. The predicted octanol–water partition coefficient (Wildman–Crippen LogP) is 5.35. The van der Waals surface area contributed by atoms with Crippen LogP contribution < -0.4 is 0 Å². The SMILES string of the molecule is Cc1nn(C2CCCC2)c2cc(C3=NOC4(CCN(C(=O)OC(C)(C)C)CC4)C3)ccc12. The van der Waals surface area contributed by atoms with Crippen molar-refractivity contribution in [3.8, 4) is 0 Å². The summed E-state index contributed by atoms with van der Waals surface area (Å²) in [6.07, 6.45) is 7.05. The largest absolute Gasteiger partial charge is 0.444 e. The first-order valence-electron chi connectivity index (χ1n) is 12.0. The molecule has 0 unspecified atom stereocenters. The van der Waals surface area contributed by atoms with Crippen LogP contribution in [0.2, 0.25) is 0 Å². The normalized spacial score (nSPS) is 21.2. The van der Waals surface area contributed by atoms with E-state index in [1.807, 2.05) is 20.8 Å². The van der Waals surface area contributed by atoms with Gasteiger partial charge in [-0.05, 0) is 46.6 Å². The molecule has 3 aliphatic rings. The number of oxime groups is 1. The first-order valence-corrected chi connectivity index (χ1v) is 12.0. The van der Waals surface area contributed by atoms with Crippen LogP contribution in [-0.2, 0) is 9.57 Å². The van der Waals surface area contributed by atoms with Gasteiger partial charge in [-0.15, -0.1) is 0 Å². The van der Waals surface area contributed by atoms with E-state index in [4.69, 9.17) is 14.7 Å². The molecule has 1 spiro atoms. The summed E-state index contributed by atoms with van der Waals surface area (Å²) in [5.74, 6) is 0. The lowest BCUT2D eigenvalue weighted by Crippen LogP contribution is -2.48. The van der Waals surface area contributed by atoms with Crippen LogP contribution in [0, 0.1) is 6.92 Å². The van der Waals surface area contributed by atoms with Gasteiger partial charge in [0.15, 0.2) is 0 Å². The first kappa shape index (κ1) is 21.3. The van der Waals surface area contributed by atoms with E-state index in [9.17, 15) is 4.79 Å². The van der Waals surface area contributed by atoms with Crippen LogP contribution in [0.3, 0.4) is 0 Å². The topological polar surface area (TPSA) is 69.0 Å². The van der Waals surface area contributed by atoms with E-state index in [-0.39, 0.29) is 11.7 Å². The lowest BCUT2D eigenvalue weighted by Gasteiger charge is -2.37. The lowest BCUT2D eigenvalue weighted by atomic mass is 9.85. The van der Waals surface area contributed by atoms with Crippen molar-refractivity contribution < 1.29 is 14.4 Å². The maximum atomic E-state index is 12.4. The van der Waals surface area contributed by atoms with Gasteiger partial charge in [-0.3, -0.25) is 4.68 Å². The number of hydrogen-bond donors (Lipinski definition) is 0. The standard InChI is InChI=1S/C25H34N4O3/c1-17-20-10-9-18(15-22(20)29(26-17)19-7-5-6-8-19)21-16-25(32-27-21)11-13-28(14-12-25)23(30)31-24(2,3)4/h9-10,15,19H,5-8,11-14,16H2,1-4H3. The molecule has 2 aromatic rings. The van der Waals surface area contributed by atoms with E-state index in [1.165, 1.54) is 36.6 Å². The maximum Gasteiger partial charge on any atom is 0.410 e. The van der Waals surface area contributed by atoms with Gasteiger partial charge in [0.25, 0.3) is 0 Å². The van der Waals surface area contributed by atoms with Gasteiger partial charge >= 0.3 is 6.09 Å². The Morgan fingerprint density at radius 3 is 2.59 bits per heavy atom. The summed E-state index contributed by atoms with van der Waals surface area (Å²) in [4.78, 5) is 20.2. The minimum Gasteiger partial charge on any atom is -0.444 e. The number of carbonyl (C=O) groups is 1. The van der Waals surface area contributed by atoms with E-state index in [0.717, 1.165) is 36.2 Å². The molecule has 0 N–H and O–H groups in total. The number of amides is 1. The minimum absolute atomic E-state index is 0.243. The van der Waals surface area contributed by atoms with Crippen molar-refractivity contribution in [2.24, 2.45) is 5.16 Å². The fourth-order valence-corrected chi connectivity index (χ4v) is 5.27. The van der Waals surface area contributed by atoms with Crippen LogP contribution in [-0.4, -0.2) is 50.8 Å². The molecule has 0 bridgehead atoms. The zero-order chi connectivity index (χ0) is 22.5. The average molecular weight is 439 g/mol. The van der Waals surface area contributed by atoms with Crippen molar-refractivity contribution >= 4 is 22.7 Å². The number of piperidine rings is 1. The van der Waals surface area contributed by atoms with Gasteiger partial charge in [0.2, 0.25) is 0 Å². The van der Waals surface area contributed by atoms with Crippen LogP contribution in [0.25, 0.3) is 10.9 Å². The number of nitrogens with zero attached hydrogens (tertiary/aromatic N) is 4. The molecule has 0 radical (unpaired) electrons. The Bertz CT molecular complexity index is 1050. The smallest absolute Gasteiger partial charge is 0.410 e. The number of aryl methyl sites for hydroxylation is 1. The highest BCUT2D eigenvalue weighted by molar-refractivity contribution is 6.04. The molecule has 1 saturated heterocycles. The third-order valence-electron chi connectivity index (χ3n) is 7.06. The van der Waals surface area contributed by atoms with E-state index < -0.39 is 5.60 Å². The van der Waals surface area contributed by atoms with Gasteiger partial charge < -0.3 is 14.5 Å². The second kappa shape index (κ2) is 7.78. The lowest BCUT2D eigenvalue weighted by molar-refractivity contribution is -0.0639. The van der Waals surface area contributed by atoms with Gasteiger partial charge in [0.05, 0.1) is 23.0 Å². The molecule has 1 aromatic heterocycles. The number of hydrogen-bond acceptors (Lipinski definition) is 5. The molecular formula is C25H34N4O3. The van der Waals surface area contributed by atoms with Crippen molar-refractivity contribution in [2.75, 3.05) is 13.1 Å². The molecule has 1 saturated carbocycles. The zero-order valence-corrected chi connectivity index (χ0v) is 19.7. The van der Waals surface area contributed by atoms with Gasteiger partial charge in [0.1, 0.15) is 11.2 Å². The Labute approximate surface area is 189 Å². The van der Waals surface area contributed by atoms with Crippen molar-refractivity contribution in [2.45, 2.75) is 89.9 Å². The second-order valence-electron chi connectivity index (χ2n) is 10.7. The van der Waals surface area contributed by atoms with Gasteiger partial charge in [0, 0.05) is 43.3 Å². The maximum absolute atomic E-state index is 12.4. The molecule has 172 valence electrons. The molecule has 1 amide bonds. The number of fused-ring (bicyclic) bond motifs is 1. The molecule has 7 nitrogen and oxygen atoms in total. The summed E-state index contributed by atoms with van der Waals surface area (Å²) in [6.45, 7) is 9.04. The highest BCUT2D eigenvalue weighted by Crippen LogP contribution is 2.38. The summed E-state index contributed by atoms with van der Waals surface area (Å²) in [7, 11) is 0. The summed E-state index contributed by atoms with van der Waals surface area (Å²) in [5, 5.41) is 10.6. The summed E-state index contributed by atoms with van der Waals surface area (Å²) in [6, 6.07) is 7.07. The van der Waals surface area contributed by atoms with Gasteiger partial charge in [-0.1, -0.05) is 30.1 Å². The first-order chi connectivity index (χ1) is 15.2. The molecule has 5 rings (SSSR count). The van der Waals surface area contributed by atoms with Crippen LogP contribution >= 0.6 is 0 Å². The van der Waals surface area contributed by atoms with Crippen molar-refractivity contribution in [1.29, 1.82) is 0 Å². The second-order valence-corrected chi connectivity index (χ2v) is 10.7. The van der Waals surface area contributed by atoms with E-state index in [0.29, 0.717) is 19.1 Å². The highest BCUT2D eigenvalue weighted by atomic mass is 16.7. The fourth-order valence-electron chi connectivity index (χ4n) is 5.27. The van der Waals surface area contributed by atoms with Crippen LogP contribution in [0.4, 0.5) is 4.79 Å². The third kappa shape index (κ3) is 3.97. The Morgan fingerprint density at radius 2 is 1.91 bits per heavy atom. The van der Waals surface area contributed by atoms with Crippen molar-refractivity contribution in [3.63, 3.8) is 0 Å². The summed E-state index contributed by atoms with van der Waals surface area (Å²) < 4.78 is 7.77. The summed E-state index contributed by atoms with van der Waals surface area (Å²) in [5.41, 5.74) is 3.61. The quantitative estimate of drug-likeness (QED) is 0.633. The average Bonchev–Trinajstić information content (AvgIpc) is 3.47. The Balaban J connectivity index is 1.29. The molecule has 3 heterocycles. The number of likely N-dealkylation sites (tertiary alicyclic amines) is 1. The number of aromatic nitrogens is 2. The van der Waals surface area contributed by atoms with Crippen LogP contribution in [0.15, 0.2) is 23.4 Å². The molecule has 32 heavy (non-hydrogen) atoms. The molecule has 1 aromatic carbocycles. The number of rotatable bonds is 2. The van der Waals surface area contributed by atoms with Crippen molar-refractivity contribution in [3.05, 3.63) is 29.5 Å². The molecule has 2 fully saturated rings. The Hall–Kier alpha value is -2.57. The third-order valence-corrected chi connectivity index (χ3v) is 7.06. The minimum atomic E-state index is -0.478. The van der Waals surface area contributed by atoms with E-state index in [1.54, 1.807) is 4.90 Å². The molecule has 0 atom stereocenters. The number of benzene rings is 1. The number of carbonyl (C=O) groups excluding carboxylic acids is 1. The van der Waals surface area contributed by atoms with E-state index in [2.05, 4.69) is 35.0 Å². The highest BCUT2D eigenvalue weighted by Gasteiger charge is 2.43. The van der Waals surface area contributed by atoms with Crippen LogP contribution in [0.1, 0.15) is 83.0 Å². The molecule has 7 heteroatoms. The zero-order valence-electron chi connectivity index (χ0n) is 19.7. The Morgan fingerprint density at radius 1 is 1.19 bits per heavy atom. The van der Waals surface area contributed by atoms with Gasteiger partial charge in [-0.25, -0.2) is 4.79 Å².